The Morgan fingerprint density at radius 3 is 2.47 bits per heavy atom. The van der Waals surface area contributed by atoms with Crippen LogP contribution in [0.1, 0.15) is 35.3 Å². The number of aliphatic hydroxyl groups is 1. The predicted molar refractivity (Wildman–Crippen MR) is 106 cm³/mol. The van der Waals surface area contributed by atoms with E-state index in [2.05, 4.69) is 25.9 Å². The number of anilines is 3. The fraction of sp³-hybridized carbons (Fsp3) is 0.421. The van der Waals surface area contributed by atoms with Crippen LogP contribution in [0.25, 0.3) is 0 Å². The lowest BCUT2D eigenvalue weighted by atomic mass is 10.1. The molecule has 0 radical (unpaired) electrons. The smallest absolute Gasteiger partial charge is 0.421 e. The number of alkyl halides is 3. The second kappa shape index (κ2) is 8.74. The second-order valence-corrected chi connectivity index (χ2v) is 7.19. The minimum atomic E-state index is -4.59. The van der Waals surface area contributed by atoms with Crippen molar-refractivity contribution in [3.05, 3.63) is 35.0 Å². The summed E-state index contributed by atoms with van der Waals surface area (Å²) in [5.41, 5.74) is -0.785. The van der Waals surface area contributed by atoms with Crippen molar-refractivity contribution in [1.82, 2.24) is 15.3 Å². The highest BCUT2D eigenvalue weighted by atomic mass is 19.4. The zero-order chi connectivity index (χ0) is 22.7. The van der Waals surface area contributed by atoms with E-state index in [9.17, 15) is 23.1 Å². The van der Waals surface area contributed by atoms with E-state index in [4.69, 9.17) is 4.74 Å². The molecular formula is C19H24F3N5O3. The first-order chi connectivity index (χ1) is 13.9. The zero-order valence-electron chi connectivity index (χ0n) is 17.2. The first-order valence-corrected chi connectivity index (χ1v) is 8.94. The molecule has 1 aromatic carbocycles. The van der Waals surface area contributed by atoms with Crippen molar-refractivity contribution in [2.45, 2.75) is 32.5 Å². The molecule has 8 nitrogen and oxygen atoms in total. The maximum atomic E-state index is 13.0. The molecule has 0 aliphatic rings. The van der Waals surface area contributed by atoms with Crippen LogP contribution in [-0.2, 0) is 6.18 Å². The number of benzene rings is 1. The predicted octanol–water partition coefficient (Wildman–Crippen LogP) is 3.10. The van der Waals surface area contributed by atoms with Gasteiger partial charge in [-0.25, -0.2) is 4.98 Å². The number of ether oxygens (including phenoxy) is 1. The Labute approximate surface area is 171 Å². The minimum absolute atomic E-state index is 0.0553. The Morgan fingerprint density at radius 1 is 1.27 bits per heavy atom. The molecule has 0 aliphatic heterocycles. The standard InChI is InChI=1S/C19H24F3N5O3/c1-10-6-13(14(30-5)7-11(10)16(28)25-9-18(2,3)29)26-17-24-8-12(19(20,21)22)15(23-4)27-17/h6-8,29H,9H2,1-5H3,(H,25,28)(H2,23,24,26,27). The van der Waals surface area contributed by atoms with Crippen LogP contribution < -0.4 is 20.7 Å². The molecule has 164 valence electrons. The van der Waals surface area contributed by atoms with Crippen LogP contribution in [-0.4, -0.2) is 47.3 Å². The molecule has 0 unspecified atom stereocenters. The van der Waals surface area contributed by atoms with E-state index >= 15 is 0 Å². The number of amides is 1. The van der Waals surface area contributed by atoms with Gasteiger partial charge in [0.25, 0.3) is 5.91 Å². The summed E-state index contributed by atoms with van der Waals surface area (Å²) in [6.45, 7) is 4.88. The molecular weight excluding hydrogens is 403 g/mol. The number of methoxy groups -OCH3 is 1. The molecule has 1 amide bonds. The first kappa shape index (κ1) is 23.2. The lowest BCUT2D eigenvalue weighted by Crippen LogP contribution is -2.38. The maximum Gasteiger partial charge on any atom is 0.421 e. The Morgan fingerprint density at radius 2 is 1.93 bits per heavy atom. The van der Waals surface area contributed by atoms with Gasteiger partial charge in [-0.05, 0) is 38.5 Å². The highest BCUT2D eigenvalue weighted by molar-refractivity contribution is 5.97. The quantitative estimate of drug-likeness (QED) is 0.538. The Balaban J connectivity index is 2.33. The summed E-state index contributed by atoms with van der Waals surface area (Å²) in [6.07, 6.45) is -3.91. The molecule has 11 heteroatoms. The summed E-state index contributed by atoms with van der Waals surface area (Å²) in [7, 11) is 2.72. The van der Waals surface area contributed by atoms with Crippen LogP contribution in [0.15, 0.2) is 18.3 Å². The fourth-order valence-electron chi connectivity index (χ4n) is 2.55. The Bertz CT molecular complexity index is 927. The van der Waals surface area contributed by atoms with Crippen molar-refractivity contribution in [2.75, 3.05) is 31.3 Å². The lowest BCUT2D eigenvalue weighted by molar-refractivity contribution is -0.137. The zero-order valence-corrected chi connectivity index (χ0v) is 17.2. The van der Waals surface area contributed by atoms with Crippen LogP contribution >= 0.6 is 0 Å². The largest absolute Gasteiger partial charge is 0.495 e. The summed E-state index contributed by atoms with van der Waals surface area (Å²) >= 11 is 0. The minimum Gasteiger partial charge on any atom is -0.495 e. The van der Waals surface area contributed by atoms with Crippen LogP contribution in [0.4, 0.5) is 30.6 Å². The monoisotopic (exact) mass is 427 g/mol. The van der Waals surface area contributed by atoms with Gasteiger partial charge >= 0.3 is 6.18 Å². The van der Waals surface area contributed by atoms with Gasteiger partial charge in [0, 0.05) is 25.4 Å². The fourth-order valence-corrected chi connectivity index (χ4v) is 2.55. The number of aryl methyl sites for hydroxylation is 1. The van der Waals surface area contributed by atoms with Crippen molar-refractivity contribution in [1.29, 1.82) is 0 Å². The van der Waals surface area contributed by atoms with E-state index < -0.39 is 23.2 Å². The third-order valence-corrected chi connectivity index (χ3v) is 4.05. The molecule has 0 bridgehead atoms. The number of hydrogen-bond donors (Lipinski definition) is 4. The number of nitrogens with one attached hydrogen (secondary N) is 3. The van der Waals surface area contributed by atoms with Crippen molar-refractivity contribution in [3.8, 4) is 5.75 Å². The van der Waals surface area contributed by atoms with Crippen molar-refractivity contribution in [3.63, 3.8) is 0 Å². The molecule has 1 aromatic heterocycles. The maximum absolute atomic E-state index is 13.0. The number of hydrogen-bond acceptors (Lipinski definition) is 7. The third kappa shape index (κ3) is 5.72. The van der Waals surface area contributed by atoms with Gasteiger partial charge in [0.2, 0.25) is 5.95 Å². The van der Waals surface area contributed by atoms with Gasteiger partial charge in [0.05, 0.1) is 18.4 Å². The second-order valence-electron chi connectivity index (χ2n) is 7.19. The molecule has 30 heavy (non-hydrogen) atoms. The summed E-state index contributed by atoms with van der Waals surface area (Å²) < 4.78 is 44.3. The third-order valence-electron chi connectivity index (χ3n) is 4.05. The molecule has 0 aliphatic carbocycles. The highest BCUT2D eigenvalue weighted by Gasteiger charge is 2.35. The summed E-state index contributed by atoms with van der Waals surface area (Å²) in [5, 5.41) is 17.6. The number of nitrogens with zero attached hydrogens (tertiary/aromatic N) is 2. The molecule has 2 aromatic rings. The number of halogens is 3. The van der Waals surface area contributed by atoms with Gasteiger partial charge in [-0.15, -0.1) is 0 Å². The molecule has 2 rings (SSSR count). The average Bonchev–Trinajstić information content (AvgIpc) is 2.64. The first-order valence-electron chi connectivity index (χ1n) is 8.94. The molecule has 1 heterocycles. The number of aromatic nitrogens is 2. The van der Waals surface area contributed by atoms with Crippen LogP contribution in [0.3, 0.4) is 0 Å². The number of rotatable bonds is 7. The molecule has 4 N–H and O–H groups in total. The lowest BCUT2D eigenvalue weighted by Gasteiger charge is -2.19. The van der Waals surface area contributed by atoms with E-state index in [0.29, 0.717) is 23.0 Å². The van der Waals surface area contributed by atoms with E-state index in [1.54, 1.807) is 26.8 Å². The summed E-state index contributed by atoms with van der Waals surface area (Å²) in [4.78, 5) is 20.0. The van der Waals surface area contributed by atoms with Gasteiger partial charge in [0.15, 0.2) is 0 Å². The van der Waals surface area contributed by atoms with E-state index in [-0.39, 0.29) is 24.1 Å². The van der Waals surface area contributed by atoms with Gasteiger partial charge < -0.3 is 25.8 Å². The Kier molecular flexibility index (Phi) is 6.76. The molecule has 0 saturated carbocycles. The molecule has 0 fully saturated rings. The average molecular weight is 427 g/mol. The number of carbonyl (C=O) groups excluding carboxylic acids is 1. The molecule has 0 saturated heterocycles. The molecule has 0 spiro atoms. The van der Waals surface area contributed by atoms with E-state index in [0.717, 1.165) is 0 Å². The van der Waals surface area contributed by atoms with Gasteiger partial charge in [-0.3, -0.25) is 4.79 Å². The highest BCUT2D eigenvalue weighted by Crippen LogP contribution is 2.35. The van der Waals surface area contributed by atoms with Crippen LogP contribution in [0.2, 0.25) is 0 Å². The van der Waals surface area contributed by atoms with Crippen molar-refractivity contribution in [2.24, 2.45) is 0 Å². The van der Waals surface area contributed by atoms with Gasteiger partial charge in [0.1, 0.15) is 17.1 Å². The SMILES string of the molecule is CNc1nc(Nc2cc(C)c(C(=O)NCC(C)(C)O)cc2OC)ncc1C(F)(F)F. The van der Waals surface area contributed by atoms with E-state index in [1.165, 1.54) is 20.2 Å². The van der Waals surface area contributed by atoms with Crippen molar-refractivity contribution < 1.29 is 27.8 Å². The number of carbonyl (C=O) groups is 1. The molecule has 0 atom stereocenters. The summed E-state index contributed by atoms with van der Waals surface area (Å²) in [6, 6.07) is 3.08. The van der Waals surface area contributed by atoms with Crippen LogP contribution in [0, 0.1) is 6.92 Å². The van der Waals surface area contributed by atoms with Gasteiger partial charge in [-0.2, -0.15) is 18.2 Å². The van der Waals surface area contributed by atoms with E-state index in [1.807, 2.05) is 0 Å². The normalized spacial score (nSPS) is 11.8. The summed E-state index contributed by atoms with van der Waals surface area (Å²) in [5.74, 6) is -0.589. The van der Waals surface area contributed by atoms with Crippen molar-refractivity contribution >= 4 is 23.4 Å². The van der Waals surface area contributed by atoms with Crippen LogP contribution in [0.5, 0.6) is 5.75 Å². The van der Waals surface area contributed by atoms with Gasteiger partial charge in [-0.1, -0.05) is 0 Å². The Hall–Kier alpha value is -3.08. The topological polar surface area (TPSA) is 108 Å².